The van der Waals surface area contributed by atoms with Crippen LogP contribution in [0.2, 0.25) is 0 Å². The number of nitrogens with two attached hydrogens (primary N) is 1. The van der Waals surface area contributed by atoms with Crippen LogP contribution in [0.1, 0.15) is 39.0 Å². The van der Waals surface area contributed by atoms with Crippen molar-refractivity contribution >= 4 is 5.91 Å². The third kappa shape index (κ3) is 2.24. The van der Waals surface area contributed by atoms with Gasteiger partial charge in [0.25, 0.3) is 0 Å². The molecule has 2 saturated carbocycles. The molecule has 0 heterocycles. The average molecular weight is 224 g/mol. The fourth-order valence-corrected chi connectivity index (χ4v) is 3.50. The van der Waals surface area contributed by atoms with E-state index in [1.165, 1.54) is 25.7 Å². The summed E-state index contributed by atoms with van der Waals surface area (Å²) in [6.07, 6.45) is 6.29. The minimum Gasteiger partial charge on any atom is -0.344 e. The highest BCUT2D eigenvalue weighted by Gasteiger charge is 2.40. The molecule has 3 heteroatoms. The molecule has 0 aromatic rings. The van der Waals surface area contributed by atoms with E-state index >= 15 is 0 Å². The van der Waals surface area contributed by atoms with E-state index in [9.17, 15) is 4.79 Å². The lowest BCUT2D eigenvalue weighted by Gasteiger charge is -2.28. The largest absolute Gasteiger partial charge is 0.344 e. The first-order valence-corrected chi connectivity index (χ1v) is 6.62. The first-order chi connectivity index (χ1) is 7.61. The molecule has 2 aliphatic carbocycles. The number of hydrogen-bond donors (Lipinski definition) is 1. The summed E-state index contributed by atoms with van der Waals surface area (Å²) in [6, 6.07) is -0.302. The van der Waals surface area contributed by atoms with E-state index in [0.29, 0.717) is 0 Å². The zero-order valence-electron chi connectivity index (χ0n) is 10.5. The molecule has 1 amide bonds. The first kappa shape index (κ1) is 11.9. The summed E-state index contributed by atoms with van der Waals surface area (Å²) in [6.45, 7) is 2.89. The van der Waals surface area contributed by atoms with Crippen LogP contribution in [0.25, 0.3) is 0 Å². The SMILES string of the molecule is CCC(N)C(=O)N(C)CC1CC2CCC1C2. The van der Waals surface area contributed by atoms with E-state index < -0.39 is 0 Å². The van der Waals surface area contributed by atoms with Gasteiger partial charge in [-0.25, -0.2) is 0 Å². The van der Waals surface area contributed by atoms with Crippen molar-refractivity contribution in [2.24, 2.45) is 23.5 Å². The summed E-state index contributed by atoms with van der Waals surface area (Å²) < 4.78 is 0. The Kier molecular flexibility index (Phi) is 3.53. The van der Waals surface area contributed by atoms with Crippen LogP contribution < -0.4 is 5.73 Å². The number of fused-ring (bicyclic) bond motifs is 2. The van der Waals surface area contributed by atoms with E-state index in [-0.39, 0.29) is 11.9 Å². The zero-order chi connectivity index (χ0) is 11.7. The number of likely N-dealkylation sites (N-methyl/N-ethyl adjacent to an activating group) is 1. The van der Waals surface area contributed by atoms with Gasteiger partial charge in [-0.05, 0) is 43.4 Å². The topological polar surface area (TPSA) is 46.3 Å². The molecule has 0 saturated heterocycles. The molecule has 0 aromatic carbocycles. The van der Waals surface area contributed by atoms with Crippen molar-refractivity contribution in [2.75, 3.05) is 13.6 Å². The number of amides is 1. The quantitative estimate of drug-likeness (QED) is 0.788. The van der Waals surface area contributed by atoms with Gasteiger partial charge in [0.1, 0.15) is 0 Å². The van der Waals surface area contributed by atoms with Crippen LogP contribution in [0.4, 0.5) is 0 Å². The highest BCUT2D eigenvalue weighted by Crippen LogP contribution is 2.48. The maximum Gasteiger partial charge on any atom is 0.239 e. The van der Waals surface area contributed by atoms with Crippen LogP contribution in [0.15, 0.2) is 0 Å². The Labute approximate surface area is 98.4 Å². The fourth-order valence-electron chi connectivity index (χ4n) is 3.50. The highest BCUT2D eigenvalue weighted by molar-refractivity contribution is 5.81. The summed E-state index contributed by atoms with van der Waals surface area (Å²) in [5, 5.41) is 0. The van der Waals surface area contributed by atoms with Crippen LogP contribution in [0.5, 0.6) is 0 Å². The molecule has 0 aromatic heterocycles. The Morgan fingerprint density at radius 2 is 2.19 bits per heavy atom. The van der Waals surface area contributed by atoms with Gasteiger partial charge in [0.2, 0.25) is 5.91 Å². The molecule has 2 rings (SSSR count). The fraction of sp³-hybridized carbons (Fsp3) is 0.923. The Bertz CT molecular complexity index is 267. The summed E-state index contributed by atoms with van der Waals surface area (Å²) >= 11 is 0. The molecule has 16 heavy (non-hydrogen) atoms. The van der Waals surface area contributed by atoms with E-state index in [2.05, 4.69) is 0 Å². The van der Waals surface area contributed by atoms with E-state index in [0.717, 1.165) is 30.7 Å². The van der Waals surface area contributed by atoms with Crippen molar-refractivity contribution in [3.63, 3.8) is 0 Å². The summed E-state index contributed by atoms with van der Waals surface area (Å²) in [5.74, 6) is 2.71. The minimum absolute atomic E-state index is 0.116. The first-order valence-electron chi connectivity index (χ1n) is 6.62. The van der Waals surface area contributed by atoms with Crippen LogP contribution in [-0.2, 0) is 4.79 Å². The van der Waals surface area contributed by atoms with Crippen molar-refractivity contribution in [1.82, 2.24) is 4.90 Å². The summed E-state index contributed by atoms with van der Waals surface area (Å²) in [7, 11) is 1.91. The Morgan fingerprint density at radius 1 is 1.44 bits per heavy atom. The van der Waals surface area contributed by atoms with Crippen molar-refractivity contribution in [2.45, 2.75) is 45.1 Å². The molecule has 3 nitrogen and oxygen atoms in total. The number of carbonyl (C=O) groups excluding carboxylic acids is 1. The molecule has 2 bridgehead atoms. The molecule has 0 radical (unpaired) electrons. The lowest BCUT2D eigenvalue weighted by molar-refractivity contribution is -0.132. The number of rotatable bonds is 4. The smallest absolute Gasteiger partial charge is 0.239 e. The Morgan fingerprint density at radius 3 is 2.69 bits per heavy atom. The second kappa shape index (κ2) is 4.74. The van der Waals surface area contributed by atoms with Crippen LogP contribution in [0.3, 0.4) is 0 Å². The van der Waals surface area contributed by atoms with Gasteiger partial charge in [-0.15, -0.1) is 0 Å². The molecule has 2 N–H and O–H groups in total. The molecule has 92 valence electrons. The number of hydrogen-bond acceptors (Lipinski definition) is 2. The van der Waals surface area contributed by atoms with Crippen molar-refractivity contribution in [3.8, 4) is 0 Å². The van der Waals surface area contributed by atoms with Gasteiger partial charge in [0.05, 0.1) is 6.04 Å². The summed E-state index contributed by atoms with van der Waals surface area (Å²) in [5.41, 5.74) is 5.78. The third-order valence-corrected chi connectivity index (χ3v) is 4.53. The van der Waals surface area contributed by atoms with Crippen LogP contribution in [0, 0.1) is 17.8 Å². The number of carbonyl (C=O) groups is 1. The van der Waals surface area contributed by atoms with Crippen LogP contribution in [-0.4, -0.2) is 30.4 Å². The molecule has 2 aliphatic rings. The van der Waals surface area contributed by atoms with Crippen LogP contribution >= 0.6 is 0 Å². The van der Waals surface area contributed by atoms with Gasteiger partial charge in [-0.2, -0.15) is 0 Å². The van der Waals surface area contributed by atoms with Gasteiger partial charge in [0, 0.05) is 13.6 Å². The lowest BCUT2D eigenvalue weighted by atomic mass is 9.88. The van der Waals surface area contributed by atoms with Crippen molar-refractivity contribution in [3.05, 3.63) is 0 Å². The predicted molar refractivity (Wildman–Crippen MR) is 64.8 cm³/mol. The summed E-state index contributed by atoms with van der Waals surface area (Å²) in [4.78, 5) is 13.7. The third-order valence-electron chi connectivity index (χ3n) is 4.53. The van der Waals surface area contributed by atoms with Gasteiger partial charge in [-0.3, -0.25) is 4.79 Å². The van der Waals surface area contributed by atoms with E-state index in [4.69, 9.17) is 5.73 Å². The number of nitrogens with zero attached hydrogens (tertiary/aromatic N) is 1. The molecule has 4 unspecified atom stereocenters. The predicted octanol–water partition coefficient (Wildman–Crippen LogP) is 1.62. The van der Waals surface area contributed by atoms with Gasteiger partial charge in [0.15, 0.2) is 0 Å². The Hall–Kier alpha value is -0.570. The normalized spacial score (nSPS) is 34.1. The second-order valence-corrected chi connectivity index (χ2v) is 5.67. The maximum atomic E-state index is 11.9. The maximum absolute atomic E-state index is 11.9. The molecule has 4 atom stereocenters. The monoisotopic (exact) mass is 224 g/mol. The lowest BCUT2D eigenvalue weighted by Crippen LogP contribution is -2.43. The average Bonchev–Trinajstić information content (AvgIpc) is 2.88. The molecule has 2 fully saturated rings. The minimum atomic E-state index is -0.302. The highest BCUT2D eigenvalue weighted by atomic mass is 16.2. The molecular formula is C13H24N2O. The second-order valence-electron chi connectivity index (χ2n) is 5.67. The van der Waals surface area contributed by atoms with Gasteiger partial charge >= 0.3 is 0 Å². The molecular weight excluding hydrogens is 200 g/mol. The van der Waals surface area contributed by atoms with Crippen molar-refractivity contribution in [1.29, 1.82) is 0 Å². The zero-order valence-corrected chi connectivity index (χ0v) is 10.5. The molecule has 0 spiro atoms. The van der Waals surface area contributed by atoms with Crippen molar-refractivity contribution < 1.29 is 4.79 Å². The standard InChI is InChI=1S/C13H24N2O/c1-3-12(14)13(16)15(2)8-11-7-9-4-5-10(11)6-9/h9-12H,3-8,14H2,1-2H3. The van der Waals surface area contributed by atoms with E-state index in [1.807, 2.05) is 18.9 Å². The Balaban J connectivity index is 1.83. The molecule has 0 aliphatic heterocycles. The van der Waals surface area contributed by atoms with Gasteiger partial charge < -0.3 is 10.6 Å². The van der Waals surface area contributed by atoms with E-state index in [1.54, 1.807) is 0 Å². The van der Waals surface area contributed by atoms with Gasteiger partial charge in [-0.1, -0.05) is 13.3 Å².